The molecule has 21 heavy (non-hydrogen) atoms. The molecule has 3 N–H and O–H groups in total. The molecule has 2 aromatic carbocycles. The summed E-state index contributed by atoms with van der Waals surface area (Å²) in [5.41, 5.74) is 7.38. The predicted molar refractivity (Wildman–Crippen MR) is 84.2 cm³/mol. The van der Waals surface area contributed by atoms with Gasteiger partial charge in [0.1, 0.15) is 11.8 Å². The summed E-state index contributed by atoms with van der Waals surface area (Å²) in [5, 5.41) is 11.8. The third-order valence-electron chi connectivity index (χ3n) is 2.85. The third-order valence-corrected chi connectivity index (χ3v) is 3.34. The van der Waals surface area contributed by atoms with Gasteiger partial charge in [0.25, 0.3) is 5.91 Å². The quantitative estimate of drug-likeness (QED) is 0.836. The van der Waals surface area contributed by atoms with Gasteiger partial charge in [-0.05, 0) is 36.4 Å². The van der Waals surface area contributed by atoms with Crippen molar-refractivity contribution in [3.63, 3.8) is 0 Å². The zero-order chi connectivity index (χ0) is 15.4. The second kappa shape index (κ2) is 6.29. The highest BCUT2D eigenvalue weighted by Crippen LogP contribution is 2.24. The number of anilines is 2. The summed E-state index contributed by atoms with van der Waals surface area (Å²) in [7, 11) is 1.48. The number of rotatable bonds is 3. The summed E-state index contributed by atoms with van der Waals surface area (Å²) in [6, 6.07) is 11.8. The van der Waals surface area contributed by atoms with E-state index in [4.69, 9.17) is 15.7 Å². The molecule has 106 valence electrons. The molecule has 0 unspecified atom stereocenters. The van der Waals surface area contributed by atoms with Gasteiger partial charge in [0.2, 0.25) is 0 Å². The van der Waals surface area contributed by atoms with Gasteiger partial charge in [-0.1, -0.05) is 15.9 Å². The summed E-state index contributed by atoms with van der Waals surface area (Å²) in [6.07, 6.45) is 0. The molecule has 2 rings (SSSR count). The van der Waals surface area contributed by atoms with E-state index < -0.39 is 0 Å². The van der Waals surface area contributed by atoms with Crippen LogP contribution in [0.25, 0.3) is 0 Å². The molecule has 0 aliphatic rings. The van der Waals surface area contributed by atoms with E-state index >= 15 is 0 Å². The van der Waals surface area contributed by atoms with Gasteiger partial charge in [0, 0.05) is 10.0 Å². The van der Waals surface area contributed by atoms with Crippen LogP contribution in [0.5, 0.6) is 5.75 Å². The summed E-state index contributed by atoms with van der Waals surface area (Å²) in [4.78, 5) is 12.2. The van der Waals surface area contributed by atoms with Crippen LogP contribution >= 0.6 is 15.9 Å². The first-order valence-corrected chi connectivity index (χ1v) is 6.79. The van der Waals surface area contributed by atoms with Crippen LogP contribution in [0.15, 0.2) is 40.9 Å². The van der Waals surface area contributed by atoms with Crippen molar-refractivity contribution in [2.45, 2.75) is 0 Å². The van der Waals surface area contributed by atoms with Gasteiger partial charge in [0.05, 0.1) is 24.0 Å². The number of nitrogens with zero attached hydrogens (tertiary/aromatic N) is 1. The number of halogens is 1. The summed E-state index contributed by atoms with van der Waals surface area (Å²) in [5.74, 6) is 0.0836. The van der Waals surface area contributed by atoms with E-state index in [9.17, 15) is 4.79 Å². The van der Waals surface area contributed by atoms with Crippen LogP contribution in [0.1, 0.15) is 15.9 Å². The molecule has 1 amide bonds. The number of methoxy groups -OCH3 is 1. The maximum Gasteiger partial charge on any atom is 0.255 e. The zero-order valence-electron chi connectivity index (χ0n) is 11.2. The Bertz CT molecular complexity index is 738. The fraction of sp³-hybridized carbons (Fsp3) is 0.0667. The number of hydrogen-bond acceptors (Lipinski definition) is 4. The van der Waals surface area contributed by atoms with Gasteiger partial charge in [-0.3, -0.25) is 4.79 Å². The summed E-state index contributed by atoms with van der Waals surface area (Å²) >= 11 is 3.31. The Hall–Kier alpha value is -2.52. The Balaban J connectivity index is 2.30. The molecule has 0 aliphatic carbocycles. The zero-order valence-corrected chi connectivity index (χ0v) is 12.8. The van der Waals surface area contributed by atoms with Crippen LogP contribution < -0.4 is 15.8 Å². The molecule has 0 radical (unpaired) electrons. The van der Waals surface area contributed by atoms with Crippen LogP contribution in [-0.2, 0) is 0 Å². The van der Waals surface area contributed by atoms with Gasteiger partial charge >= 0.3 is 0 Å². The molecule has 2 aromatic rings. The van der Waals surface area contributed by atoms with Crippen LogP contribution in [0.3, 0.4) is 0 Å². The van der Waals surface area contributed by atoms with Crippen molar-refractivity contribution < 1.29 is 9.53 Å². The van der Waals surface area contributed by atoms with Gasteiger partial charge in [-0.25, -0.2) is 0 Å². The largest absolute Gasteiger partial charge is 0.495 e. The monoisotopic (exact) mass is 345 g/mol. The van der Waals surface area contributed by atoms with E-state index in [1.807, 2.05) is 6.07 Å². The van der Waals surface area contributed by atoms with Crippen molar-refractivity contribution in [2.75, 3.05) is 18.2 Å². The number of nitrogens with two attached hydrogens (primary N) is 1. The molecule has 0 aliphatic heterocycles. The van der Waals surface area contributed by atoms with Crippen LogP contribution in [-0.4, -0.2) is 13.0 Å². The van der Waals surface area contributed by atoms with Crippen molar-refractivity contribution in [3.05, 3.63) is 52.0 Å². The number of ether oxygens (including phenoxy) is 1. The maximum absolute atomic E-state index is 12.2. The number of carbonyl (C=O) groups excluding carboxylic acids is 1. The van der Waals surface area contributed by atoms with E-state index in [0.717, 1.165) is 4.47 Å². The number of amides is 1. The lowest BCUT2D eigenvalue weighted by Gasteiger charge is -2.10. The normalized spacial score (nSPS) is 9.76. The number of nitrogen functional groups attached to an aromatic ring is 1. The van der Waals surface area contributed by atoms with Gasteiger partial charge < -0.3 is 15.8 Å². The van der Waals surface area contributed by atoms with Crippen molar-refractivity contribution in [2.24, 2.45) is 0 Å². The Morgan fingerprint density at radius 3 is 2.76 bits per heavy atom. The SMILES string of the molecule is COc1cc(C(=O)Nc2cc(Br)ccc2C#N)ccc1N. The van der Waals surface area contributed by atoms with Gasteiger partial charge in [-0.15, -0.1) is 0 Å². The first kappa shape index (κ1) is 14.9. The van der Waals surface area contributed by atoms with E-state index in [-0.39, 0.29) is 5.91 Å². The fourth-order valence-corrected chi connectivity index (χ4v) is 2.13. The van der Waals surface area contributed by atoms with E-state index in [2.05, 4.69) is 21.2 Å². The lowest BCUT2D eigenvalue weighted by atomic mass is 10.1. The first-order valence-electron chi connectivity index (χ1n) is 5.99. The highest BCUT2D eigenvalue weighted by atomic mass is 79.9. The van der Waals surface area contributed by atoms with Gasteiger partial charge in [-0.2, -0.15) is 5.26 Å². The molecule has 0 aromatic heterocycles. The number of nitrogens with one attached hydrogen (secondary N) is 1. The Kier molecular flexibility index (Phi) is 4.45. The minimum absolute atomic E-state index is 0.345. The molecule has 0 heterocycles. The van der Waals surface area contributed by atoms with Gasteiger partial charge in [0.15, 0.2) is 0 Å². The maximum atomic E-state index is 12.2. The number of benzene rings is 2. The summed E-state index contributed by atoms with van der Waals surface area (Å²) < 4.78 is 5.86. The molecule has 0 atom stereocenters. The topological polar surface area (TPSA) is 88.1 Å². The van der Waals surface area contributed by atoms with Crippen molar-refractivity contribution in [1.82, 2.24) is 0 Å². The molecule has 5 nitrogen and oxygen atoms in total. The van der Waals surface area contributed by atoms with E-state index in [0.29, 0.717) is 28.3 Å². The molecular weight excluding hydrogens is 334 g/mol. The summed E-state index contributed by atoms with van der Waals surface area (Å²) in [6.45, 7) is 0. The van der Waals surface area contributed by atoms with E-state index in [1.54, 1.807) is 36.4 Å². The Morgan fingerprint density at radius 1 is 1.33 bits per heavy atom. The second-order valence-electron chi connectivity index (χ2n) is 4.21. The highest BCUT2D eigenvalue weighted by Gasteiger charge is 2.11. The molecule has 0 saturated heterocycles. The molecule has 0 bridgehead atoms. The van der Waals surface area contributed by atoms with E-state index in [1.165, 1.54) is 7.11 Å². The molecular formula is C15H12BrN3O2. The third kappa shape index (κ3) is 3.33. The minimum Gasteiger partial charge on any atom is -0.495 e. The molecule has 6 heteroatoms. The minimum atomic E-state index is -0.345. The van der Waals surface area contributed by atoms with Crippen molar-refractivity contribution in [3.8, 4) is 11.8 Å². The first-order chi connectivity index (χ1) is 10.0. The van der Waals surface area contributed by atoms with Crippen LogP contribution in [0.2, 0.25) is 0 Å². The average molecular weight is 346 g/mol. The lowest BCUT2D eigenvalue weighted by Crippen LogP contribution is -2.13. The van der Waals surface area contributed by atoms with Crippen molar-refractivity contribution >= 4 is 33.2 Å². The molecule has 0 saturated carbocycles. The Labute approximate surface area is 130 Å². The molecule has 0 fully saturated rings. The molecule has 0 spiro atoms. The van der Waals surface area contributed by atoms with Crippen LogP contribution in [0, 0.1) is 11.3 Å². The standard InChI is InChI=1S/C15H12BrN3O2/c1-21-14-6-9(3-5-12(14)18)15(20)19-13-7-11(16)4-2-10(13)8-17/h2-7H,18H2,1H3,(H,19,20). The number of hydrogen-bond donors (Lipinski definition) is 2. The second-order valence-corrected chi connectivity index (χ2v) is 5.13. The van der Waals surface area contributed by atoms with Crippen molar-refractivity contribution in [1.29, 1.82) is 5.26 Å². The fourth-order valence-electron chi connectivity index (χ4n) is 1.76. The predicted octanol–water partition coefficient (Wildman–Crippen LogP) is 3.16. The number of carbonyl (C=O) groups is 1. The highest BCUT2D eigenvalue weighted by molar-refractivity contribution is 9.10. The Morgan fingerprint density at radius 2 is 2.10 bits per heavy atom. The average Bonchev–Trinajstić information content (AvgIpc) is 2.48. The number of nitriles is 1. The lowest BCUT2D eigenvalue weighted by molar-refractivity contribution is 0.102. The van der Waals surface area contributed by atoms with Crippen LogP contribution in [0.4, 0.5) is 11.4 Å². The smallest absolute Gasteiger partial charge is 0.255 e.